The van der Waals surface area contributed by atoms with Gasteiger partial charge in [0.05, 0.1) is 5.02 Å². The Morgan fingerprint density at radius 2 is 2.11 bits per heavy atom. The van der Waals surface area contributed by atoms with Crippen molar-refractivity contribution in [3.8, 4) is 0 Å². The predicted molar refractivity (Wildman–Crippen MR) is 75.1 cm³/mol. The van der Waals surface area contributed by atoms with Crippen LogP contribution in [0.3, 0.4) is 0 Å². The van der Waals surface area contributed by atoms with E-state index in [0.717, 1.165) is 17.1 Å². The molecule has 1 unspecified atom stereocenters. The molecule has 0 aliphatic rings. The van der Waals surface area contributed by atoms with Gasteiger partial charge in [0.2, 0.25) is 0 Å². The van der Waals surface area contributed by atoms with E-state index in [9.17, 15) is 4.39 Å². The van der Waals surface area contributed by atoms with Gasteiger partial charge in [0.25, 0.3) is 0 Å². The zero-order valence-electron chi connectivity index (χ0n) is 11.3. The molecular weight excluding hydrogens is 265 g/mol. The second kappa shape index (κ2) is 5.76. The smallest absolute Gasteiger partial charge is 0.145 e. The first-order valence-corrected chi connectivity index (χ1v) is 6.57. The van der Waals surface area contributed by atoms with Gasteiger partial charge < -0.3 is 9.73 Å². The second-order valence-corrected chi connectivity index (χ2v) is 5.03. The van der Waals surface area contributed by atoms with Crippen LogP contribution in [-0.2, 0) is 6.42 Å². The maximum atomic E-state index is 13.9. The Morgan fingerprint density at radius 3 is 2.68 bits per heavy atom. The van der Waals surface area contributed by atoms with E-state index < -0.39 is 0 Å². The summed E-state index contributed by atoms with van der Waals surface area (Å²) in [5.41, 5.74) is 1.66. The molecule has 0 fully saturated rings. The van der Waals surface area contributed by atoms with E-state index >= 15 is 0 Å². The van der Waals surface area contributed by atoms with Gasteiger partial charge in [-0.25, -0.2) is 4.39 Å². The fourth-order valence-corrected chi connectivity index (χ4v) is 2.48. The number of rotatable bonds is 4. The summed E-state index contributed by atoms with van der Waals surface area (Å²) in [6, 6.07) is 7.07. The maximum Gasteiger partial charge on any atom is 0.145 e. The van der Waals surface area contributed by atoms with Crippen LogP contribution in [0.15, 0.2) is 28.7 Å². The number of hydrogen-bond acceptors (Lipinski definition) is 2. The minimum atomic E-state index is -0.345. The average Bonchev–Trinajstić information content (AvgIpc) is 2.70. The predicted octanol–water partition coefficient (Wildman–Crippen LogP) is 4.19. The van der Waals surface area contributed by atoms with Crippen molar-refractivity contribution in [2.75, 3.05) is 7.05 Å². The van der Waals surface area contributed by atoms with E-state index in [1.165, 1.54) is 0 Å². The van der Waals surface area contributed by atoms with Gasteiger partial charge in [0.1, 0.15) is 17.3 Å². The van der Waals surface area contributed by atoms with E-state index in [1.54, 1.807) is 18.2 Å². The van der Waals surface area contributed by atoms with Crippen LogP contribution in [0.25, 0.3) is 0 Å². The van der Waals surface area contributed by atoms with E-state index in [1.807, 2.05) is 27.0 Å². The molecule has 2 aromatic rings. The van der Waals surface area contributed by atoms with Crippen LogP contribution >= 0.6 is 11.6 Å². The average molecular weight is 282 g/mol. The monoisotopic (exact) mass is 281 g/mol. The Labute approximate surface area is 117 Å². The Morgan fingerprint density at radius 1 is 1.37 bits per heavy atom. The van der Waals surface area contributed by atoms with Crippen molar-refractivity contribution in [3.05, 3.63) is 57.8 Å². The van der Waals surface area contributed by atoms with Gasteiger partial charge in [0, 0.05) is 11.6 Å². The third kappa shape index (κ3) is 2.99. The fourth-order valence-electron chi connectivity index (χ4n) is 2.29. The highest BCUT2D eigenvalue weighted by Crippen LogP contribution is 2.27. The van der Waals surface area contributed by atoms with Crippen LogP contribution in [0.2, 0.25) is 5.02 Å². The van der Waals surface area contributed by atoms with Crippen LogP contribution < -0.4 is 5.32 Å². The number of aryl methyl sites for hydroxylation is 2. The van der Waals surface area contributed by atoms with Gasteiger partial charge in [0.15, 0.2) is 0 Å². The van der Waals surface area contributed by atoms with Crippen molar-refractivity contribution in [1.29, 1.82) is 0 Å². The van der Waals surface area contributed by atoms with E-state index in [-0.39, 0.29) is 16.9 Å². The molecule has 0 saturated heterocycles. The lowest BCUT2D eigenvalue weighted by atomic mass is 9.99. The topological polar surface area (TPSA) is 25.2 Å². The van der Waals surface area contributed by atoms with Crippen molar-refractivity contribution in [1.82, 2.24) is 5.32 Å². The third-order valence-electron chi connectivity index (χ3n) is 3.26. The minimum absolute atomic E-state index is 0.00502. The van der Waals surface area contributed by atoms with Crippen molar-refractivity contribution in [2.24, 2.45) is 0 Å². The van der Waals surface area contributed by atoms with Crippen LogP contribution in [0.4, 0.5) is 4.39 Å². The van der Waals surface area contributed by atoms with Gasteiger partial charge in [-0.1, -0.05) is 23.7 Å². The number of halogens is 2. The number of furan rings is 1. The van der Waals surface area contributed by atoms with Crippen molar-refractivity contribution >= 4 is 11.6 Å². The maximum absolute atomic E-state index is 13.9. The van der Waals surface area contributed by atoms with Crippen LogP contribution in [-0.4, -0.2) is 7.05 Å². The summed E-state index contributed by atoms with van der Waals surface area (Å²) in [5, 5.41) is 3.36. The van der Waals surface area contributed by atoms with E-state index in [4.69, 9.17) is 16.0 Å². The standard InChI is InChI=1S/C15H17ClFNO/c1-9-7-12(10(2)19-9)14(18-3)8-11-5-4-6-13(16)15(11)17/h4-7,14,18H,8H2,1-3H3. The number of nitrogens with one attached hydrogen (secondary N) is 1. The van der Waals surface area contributed by atoms with E-state index in [2.05, 4.69) is 5.32 Å². The molecule has 0 bridgehead atoms. The van der Waals surface area contributed by atoms with Gasteiger partial charge in [-0.05, 0) is 45.0 Å². The molecule has 1 aromatic heterocycles. The van der Waals surface area contributed by atoms with Gasteiger partial charge in [-0.2, -0.15) is 0 Å². The largest absolute Gasteiger partial charge is 0.466 e. The Hall–Kier alpha value is -1.32. The molecular formula is C15H17ClFNO. The lowest BCUT2D eigenvalue weighted by molar-refractivity contribution is 0.488. The first kappa shape index (κ1) is 14.1. The Kier molecular flexibility index (Phi) is 4.27. The molecule has 102 valence electrons. The van der Waals surface area contributed by atoms with Crippen LogP contribution in [0, 0.1) is 19.7 Å². The highest BCUT2D eigenvalue weighted by Gasteiger charge is 2.18. The molecule has 1 aromatic carbocycles. The summed E-state index contributed by atoms with van der Waals surface area (Å²) in [6.45, 7) is 3.82. The third-order valence-corrected chi connectivity index (χ3v) is 3.55. The summed E-state index contributed by atoms with van der Waals surface area (Å²) in [5.74, 6) is 1.38. The molecule has 0 aliphatic heterocycles. The van der Waals surface area contributed by atoms with Gasteiger partial charge >= 0.3 is 0 Å². The highest BCUT2D eigenvalue weighted by molar-refractivity contribution is 6.30. The van der Waals surface area contributed by atoms with Crippen molar-refractivity contribution in [2.45, 2.75) is 26.3 Å². The molecule has 19 heavy (non-hydrogen) atoms. The lowest BCUT2D eigenvalue weighted by Gasteiger charge is -2.16. The molecule has 2 nitrogen and oxygen atoms in total. The number of likely N-dealkylation sites (N-methyl/N-ethyl adjacent to an activating group) is 1. The van der Waals surface area contributed by atoms with Gasteiger partial charge in [-0.3, -0.25) is 0 Å². The molecule has 0 amide bonds. The second-order valence-electron chi connectivity index (χ2n) is 4.63. The van der Waals surface area contributed by atoms with Crippen molar-refractivity contribution < 1.29 is 8.81 Å². The summed E-state index contributed by atoms with van der Waals surface area (Å²) < 4.78 is 19.5. The molecule has 2 rings (SSSR count). The first-order valence-electron chi connectivity index (χ1n) is 6.20. The van der Waals surface area contributed by atoms with Gasteiger partial charge in [-0.15, -0.1) is 0 Å². The summed E-state index contributed by atoms with van der Waals surface area (Å²) in [6.07, 6.45) is 0.530. The Balaban J connectivity index is 2.29. The SMILES string of the molecule is CNC(Cc1cccc(Cl)c1F)c1cc(C)oc1C. The fraction of sp³-hybridized carbons (Fsp3) is 0.333. The van der Waals surface area contributed by atoms with E-state index in [0.29, 0.717) is 12.0 Å². The molecule has 1 atom stereocenters. The summed E-state index contributed by atoms with van der Waals surface area (Å²) >= 11 is 5.81. The molecule has 1 N–H and O–H groups in total. The molecule has 1 heterocycles. The summed E-state index contributed by atoms with van der Waals surface area (Å²) in [4.78, 5) is 0. The molecule has 0 radical (unpaired) electrons. The zero-order valence-corrected chi connectivity index (χ0v) is 12.0. The molecule has 0 spiro atoms. The molecule has 4 heteroatoms. The number of hydrogen-bond donors (Lipinski definition) is 1. The Bertz CT molecular complexity index is 580. The lowest BCUT2D eigenvalue weighted by Crippen LogP contribution is -2.19. The molecule has 0 saturated carbocycles. The molecule has 0 aliphatic carbocycles. The number of benzene rings is 1. The first-order chi connectivity index (χ1) is 9.02. The van der Waals surface area contributed by atoms with Crippen LogP contribution in [0.5, 0.6) is 0 Å². The zero-order chi connectivity index (χ0) is 14.0. The van der Waals surface area contributed by atoms with Crippen LogP contribution in [0.1, 0.15) is 28.7 Å². The highest BCUT2D eigenvalue weighted by atomic mass is 35.5. The normalized spacial score (nSPS) is 12.7. The van der Waals surface area contributed by atoms with Crippen molar-refractivity contribution in [3.63, 3.8) is 0 Å². The summed E-state index contributed by atoms with van der Waals surface area (Å²) in [7, 11) is 1.86. The quantitative estimate of drug-likeness (QED) is 0.909. The minimum Gasteiger partial charge on any atom is -0.466 e.